The lowest BCUT2D eigenvalue weighted by atomic mass is 9.95. The molecule has 12 heteroatoms. The number of alkyl halides is 3. The number of thiocarbonyl (C=S) groups is 1. The van der Waals surface area contributed by atoms with Crippen LogP contribution in [-0.2, 0) is 20.4 Å². The summed E-state index contributed by atoms with van der Waals surface area (Å²) in [7, 11) is -3.79. The van der Waals surface area contributed by atoms with Gasteiger partial charge in [-0.3, -0.25) is 4.90 Å². The summed E-state index contributed by atoms with van der Waals surface area (Å²) in [5.41, 5.74) is -2.56. The monoisotopic (exact) mass is 559 g/mol. The number of halogens is 3. The summed E-state index contributed by atoms with van der Waals surface area (Å²) in [4.78, 5) is 4.79. The molecule has 0 unspecified atom stereocenters. The van der Waals surface area contributed by atoms with Gasteiger partial charge in [0, 0.05) is 56.2 Å². The van der Waals surface area contributed by atoms with Crippen LogP contribution in [-0.4, -0.2) is 91.8 Å². The van der Waals surface area contributed by atoms with Gasteiger partial charge in [0.1, 0.15) is 0 Å². The second kappa shape index (κ2) is 10.7. The molecule has 1 aromatic carbocycles. The number of morpholine rings is 1. The molecule has 204 valence electrons. The van der Waals surface area contributed by atoms with E-state index in [4.69, 9.17) is 17.0 Å². The molecular weight excluding hydrogens is 527 g/mol. The molecule has 2 heterocycles. The molecule has 0 radical (unpaired) electrons. The minimum absolute atomic E-state index is 0.0473. The van der Waals surface area contributed by atoms with Crippen LogP contribution in [0.4, 0.5) is 18.9 Å². The van der Waals surface area contributed by atoms with Gasteiger partial charge in [-0.2, -0.15) is 17.5 Å². The third-order valence-corrected chi connectivity index (χ3v) is 9.60. The van der Waals surface area contributed by atoms with Gasteiger partial charge in [-0.05, 0) is 37.6 Å². The molecule has 0 spiro atoms. The summed E-state index contributed by atoms with van der Waals surface area (Å²) in [6, 6.07) is 5.40. The highest BCUT2D eigenvalue weighted by atomic mass is 32.2. The first kappa shape index (κ1) is 28.2. The van der Waals surface area contributed by atoms with Gasteiger partial charge in [-0.25, -0.2) is 8.42 Å². The predicted octanol–water partition coefficient (Wildman–Crippen LogP) is 3.21. The number of sulfonamides is 1. The Kier molecular flexibility index (Phi) is 8.18. The van der Waals surface area contributed by atoms with E-state index >= 15 is 0 Å². The van der Waals surface area contributed by atoms with Crippen LogP contribution in [0, 0.1) is 0 Å². The molecule has 1 aliphatic carbocycles. The fourth-order valence-electron chi connectivity index (χ4n) is 4.93. The Balaban J connectivity index is 1.60. The molecule has 0 bridgehead atoms. The van der Waals surface area contributed by atoms with Gasteiger partial charge in [-0.15, -0.1) is 0 Å². The van der Waals surface area contributed by atoms with Crippen LogP contribution in [0.5, 0.6) is 0 Å². The van der Waals surface area contributed by atoms with Crippen molar-refractivity contribution in [2.24, 2.45) is 0 Å². The van der Waals surface area contributed by atoms with Crippen molar-refractivity contribution in [3.8, 4) is 0 Å². The molecule has 3 aliphatic rings. The SMILES string of the molecule is C[C@@H]1CN(C[C@@H]2CN(S(=O)(=O)C3=CC=CCC3=S)CCN2c2ccc([C@](C)(O)C(F)(F)F)cc2)CCO1. The summed E-state index contributed by atoms with van der Waals surface area (Å²) < 4.78 is 74.0. The smallest absolute Gasteiger partial charge is 0.376 e. The van der Waals surface area contributed by atoms with Gasteiger partial charge in [0.2, 0.25) is 10.0 Å². The maximum atomic E-state index is 13.5. The van der Waals surface area contributed by atoms with E-state index in [0.29, 0.717) is 49.8 Å². The van der Waals surface area contributed by atoms with Crippen LogP contribution >= 0.6 is 12.2 Å². The molecule has 0 aromatic heterocycles. The van der Waals surface area contributed by atoms with Gasteiger partial charge in [0.25, 0.3) is 0 Å². The molecule has 2 fully saturated rings. The molecule has 4 rings (SSSR count). The van der Waals surface area contributed by atoms with Crippen molar-refractivity contribution in [2.75, 3.05) is 50.8 Å². The second-order valence-corrected chi connectivity index (χ2v) is 12.3. The molecular formula is C25H32F3N3O4S2. The van der Waals surface area contributed by atoms with Gasteiger partial charge >= 0.3 is 6.18 Å². The van der Waals surface area contributed by atoms with Crippen molar-refractivity contribution >= 4 is 32.8 Å². The van der Waals surface area contributed by atoms with E-state index in [2.05, 4.69) is 4.90 Å². The Hall–Kier alpha value is -1.83. The van der Waals surface area contributed by atoms with Crippen molar-refractivity contribution in [3.63, 3.8) is 0 Å². The first-order chi connectivity index (χ1) is 17.3. The zero-order chi connectivity index (χ0) is 27.0. The van der Waals surface area contributed by atoms with Gasteiger partial charge in [0.05, 0.1) is 23.7 Å². The first-order valence-electron chi connectivity index (χ1n) is 12.2. The molecule has 7 nitrogen and oxygen atoms in total. The van der Waals surface area contributed by atoms with Crippen LogP contribution in [0.1, 0.15) is 25.8 Å². The van der Waals surface area contributed by atoms with Crippen molar-refractivity contribution in [1.29, 1.82) is 0 Å². The number of benzene rings is 1. The number of hydrogen-bond donors (Lipinski definition) is 1. The van der Waals surface area contributed by atoms with Crippen molar-refractivity contribution in [3.05, 3.63) is 53.0 Å². The number of rotatable bonds is 6. The van der Waals surface area contributed by atoms with E-state index in [0.717, 1.165) is 6.92 Å². The second-order valence-electron chi connectivity index (χ2n) is 9.85. The van der Waals surface area contributed by atoms with E-state index in [-0.39, 0.29) is 35.7 Å². The van der Waals surface area contributed by atoms with Crippen LogP contribution in [0.2, 0.25) is 0 Å². The van der Waals surface area contributed by atoms with Crippen LogP contribution in [0.3, 0.4) is 0 Å². The number of hydrogen-bond acceptors (Lipinski definition) is 7. The largest absolute Gasteiger partial charge is 0.421 e. The van der Waals surface area contributed by atoms with Crippen LogP contribution < -0.4 is 4.90 Å². The molecule has 2 aliphatic heterocycles. The molecule has 1 N–H and O–H groups in total. The van der Waals surface area contributed by atoms with E-state index in [9.17, 15) is 26.7 Å². The van der Waals surface area contributed by atoms with Crippen molar-refractivity contribution in [1.82, 2.24) is 9.21 Å². The Morgan fingerprint density at radius 3 is 2.46 bits per heavy atom. The van der Waals surface area contributed by atoms with E-state index in [1.54, 1.807) is 18.2 Å². The minimum Gasteiger partial charge on any atom is -0.376 e. The summed E-state index contributed by atoms with van der Waals surface area (Å²) in [5.74, 6) is 0. The first-order valence-corrected chi connectivity index (χ1v) is 14.1. The molecule has 0 saturated carbocycles. The summed E-state index contributed by atoms with van der Waals surface area (Å²) >= 11 is 5.33. The maximum Gasteiger partial charge on any atom is 0.421 e. The third-order valence-electron chi connectivity index (χ3n) is 7.13. The fraction of sp³-hybridized carbons (Fsp3) is 0.560. The molecule has 0 amide bonds. The highest BCUT2D eigenvalue weighted by molar-refractivity contribution is 7.96. The van der Waals surface area contributed by atoms with Crippen molar-refractivity contribution < 1.29 is 31.4 Å². The van der Waals surface area contributed by atoms with E-state index in [1.807, 2.05) is 17.9 Å². The summed E-state index contributed by atoms with van der Waals surface area (Å²) in [5, 5.41) is 10.0. The lowest BCUT2D eigenvalue weighted by molar-refractivity contribution is -0.258. The average molecular weight is 560 g/mol. The number of allylic oxidation sites excluding steroid dienone is 4. The fourth-order valence-corrected chi connectivity index (χ4v) is 7.00. The molecule has 1 aromatic rings. The Bertz CT molecular complexity index is 1170. The molecule has 3 atom stereocenters. The zero-order valence-corrected chi connectivity index (χ0v) is 22.4. The Morgan fingerprint density at radius 2 is 1.84 bits per heavy atom. The van der Waals surface area contributed by atoms with Gasteiger partial charge in [0.15, 0.2) is 5.60 Å². The molecule has 37 heavy (non-hydrogen) atoms. The Morgan fingerprint density at radius 1 is 1.14 bits per heavy atom. The highest BCUT2D eigenvalue weighted by Gasteiger charge is 2.51. The maximum absolute atomic E-state index is 13.5. The lowest BCUT2D eigenvalue weighted by Crippen LogP contribution is -2.59. The van der Waals surface area contributed by atoms with E-state index in [1.165, 1.54) is 22.5 Å². The number of piperazine rings is 1. The van der Waals surface area contributed by atoms with Gasteiger partial charge in [-0.1, -0.05) is 36.5 Å². The standard InChI is InChI=1S/C25H32F3N3O4S2/c1-18-15-29(13-14-35-18)16-21-17-30(37(33,34)23-6-4-3-5-22(23)36)11-12-31(21)20-9-7-19(8-10-20)24(2,32)25(26,27)28/h3-4,6-10,18,21,32H,5,11-17H2,1-2H3/t18-,21-,24+/m1/s1. The zero-order valence-electron chi connectivity index (χ0n) is 20.8. The number of ether oxygens (including phenoxy) is 1. The van der Waals surface area contributed by atoms with Crippen LogP contribution in [0.15, 0.2) is 47.4 Å². The summed E-state index contributed by atoms with van der Waals surface area (Å²) in [6.45, 7) is 6.03. The van der Waals surface area contributed by atoms with Gasteiger partial charge < -0.3 is 14.7 Å². The van der Waals surface area contributed by atoms with Crippen LogP contribution in [0.25, 0.3) is 0 Å². The summed E-state index contributed by atoms with van der Waals surface area (Å²) in [6.07, 6.45) is 0.699. The third kappa shape index (κ3) is 5.94. The van der Waals surface area contributed by atoms with E-state index < -0.39 is 21.8 Å². The number of anilines is 1. The lowest BCUT2D eigenvalue weighted by Gasteiger charge is -2.45. The topological polar surface area (TPSA) is 73.3 Å². The molecule has 2 saturated heterocycles. The highest BCUT2D eigenvalue weighted by Crippen LogP contribution is 2.39. The minimum atomic E-state index is -4.81. The normalized spacial score (nSPS) is 26.2. The Labute approximate surface area is 221 Å². The quantitative estimate of drug-likeness (QED) is 0.537. The van der Waals surface area contributed by atoms with Crippen molar-refractivity contribution in [2.45, 2.75) is 44.2 Å². The predicted molar refractivity (Wildman–Crippen MR) is 140 cm³/mol. The number of nitrogens with zero attached hydrogens (tertiary/aromatic N) is 3. The average Bonchev–Trinajstić information content (AvgIpc) is 2.83. The number of aliphatic hydroxyl groups is 1.